The van der Waals surface area contributed by atoms with Crippen LogP contribution in [-0.4, -0.2) is 55.2 Å². The third-order valence-corrected chi connectivity index (χ3v) is 3.91. The molecule has 0 saturated carbocycles. The van der Waals surface area contributed by atoms with Crippen LogP contribution in [0.15, 0.2) is 0 Å². The number of rotatable bonds is 4. The third kappa shape index (κ3) is 2.83. The molecule has 0 amide bonds. The van der Waals surface area contributed by atoms with E-state index in [1.54, 1.807) is 0 Å². The van der Waals surface area contributed by atoms with Crippen LogP contribution in [0.25, 0.3) is 0 Å². The van der Waals surface area contributed by atoms with E-state index < -0.39 is 0 Å². The van der Waals surface area contributed by atoms with E-state index in [4.69, 9.17) is 0 Å². The summed E-state index contributed by atoms with van der Waals surface area (Å²) >= 11 is 0. The van der Waals surface area contributed by atoms with Gasteiger partial charge in [-0.3, -0.25) is 4.90 Å². The number of halogens is 1. The first-order chi connectivity index (χ1) is 6.35. The summed E-state index contributed by atoms with van der Waals surface area (Å²) in [5.41, 5.74) is 0. The van der Waals surface area contributed by atoms with Crippen molar-refractivity contribution in [2.75, 3.05) is 45.8 Å². The quantitative estimate of drug-likeness (QED) is 0.341. The molecule has 3 rings (SSSR count). The van der Waals surface area contributed by atoms with Crippen LogP contribution < -0.4 is 24.0 Å². The van der Waals surface area contributed by atoms with Gasteiger partial charge in [0.25, 0.3) is 0 Å². The van der Waals surface area contributed by atoms with Crippen molar-refractivity contribution in [3.63, 3.8) is 0 Å². The van der Waals surface area contributed by atoms with Crippen molar-refractivity contribution in [3.8, 4) is 0 Å². The number of hydrogen-bond donors (Lipinski definition) is 0. The fraction of sp³-hybridized carbons (Fsp3) is 1.00. The minimum atomic E-state index is 0. The average Bonchev–Trinajstić information content (AvgIpc) is 2.21. The summed E-state index contributed by atoms with van der Waals surface area (Å²) in [6, 6.07) is 0. The van der Waals surface area contributed by atoms with E-state index in [1.807, 2.05) is 0 Å². The zero-order valence-electron chi connectivity index (χ0n) is 9.34. The van der Waals surface area contributed by atoms with Gasteiger partial charge in [-0.2, -0.15) is 0 Å². The van der Waals surface area contributed by atoms with Crippen molar-refractivity contribution < 1.29 is 28.5 Å². The topological polar surface area (TPSA) is 3.24 Å². The van der Waals surface area contributed by atoms with Gasteiger partial charge < -0.3 is 28.5 Å². The highest BCUT2D eigenvalue weighted by molar-refractivity contribution is 4.70. The highest BCUT2D eigenvalue weighted by Gasteiger charge is 2.37. The summed E-state index contributed by atoms with van der Waals surface area (Å²) in [6.07, 6.45) is 4.26. The lowest BCUT2D eigenvalue weighted by atomic mass is 10.1. The highest BCUT2D eigenvalue weighted by Crippen LogP contribution is 2.20. The molecule has 84 valence electrons. The van der Waals surface area contributed by atoms with E-state index in [0.717, 1.165) is 0 Å². The van der Waals surface area contributed by atoms with Gasteiger partial charge in [-0.15, -0.1) is 0 Å². The Morgan fingerprint density at radius 3 is 2.07 bits per heavy atom. The molecule has 3 aliphatic heterocycles. The fourth-order valence-electron chi connectivity index (χ4n) is 2.76. The number of piperazine rings is 3. The number of quaternary nitrogens is 1. The van der Waals surface area contributed by atoms with E-state index >= 15 is 0 Å². The molecule has 3 aliphatic rings. The first-order valence-corrected chi connectivity index (χ1v) is 5.92. The van der Waals surface area contributed by atoms with E-state index in [1.165, 1.54) is 69.6 Å². The monoisotopic (exact) mass is 310 g/mol. The van der Waals surface area contributed by atoms with Crippen LogP contribution in [0.2, 0.25) is 0 Å². The van der Waals surface area contributed by atoms with Crippen LogP contribution in [0.3, 0.4) is 0 Å². The second-order valence-electron chi connectivity index (χ2n) is 4.78. The SMILES string of the molecule is CCCCC[N+]12CCN(CC1)CC2.[I-]. The smallest absolute Gasteiger partial charge is 0.0916 e. The molecule has 3 fully saturated rings. The number of fused-ring (bicyclic) bond motifs is 3. The zero-order chi connectivity index (χ0) is 9.15. The Balaban J connectivity index is 0.000000980. The van der Waals surface area contributed by atoms with Crippen LogP contribution in [0.4, 0.5) is 0 Å². The molecule has 2 nitrogen and oxygen atoms in total. The largest absolute Gasteiger partial charge is 1.00 e. The van der Waals surface area contributed by atoms with E-state index in [-0.39, 0.29) is 24.0 Å². The van der Waals surface area contributed by atoms with Gasteiger partial charge in [-0.05, 0) is 12.8 Å². The molecule has 3 heterocycles. The summed E-state index contributed by atoms with van der Waals surface area (Å²) in [5, 5.41) is 0. The maximum absolute atomic E-state index is 2.62. The molecule has 0 aliphatic carbocycles. The summed E-state index contributed by atoms with van der Waals surface area (Å²) in [5.74, 6) is 0. The zero-order valence-corrected chi connectivity index (χ0v) is 11.5. The van der Waals surface area contributed by atoms with Gasteiger partial charge in [-0.25, -0.2) is 0 Å². The molecule has 0 aromatic heterocycles. The number of hydrogen-bond acceptors (Lipinski definition) is 1. The minimum absolute atomic E-state index is 0. The van der Waals surface area contributed by atoms with E-state index in [0.29, 0.717) is 0 Å². The van der Waals surface area contributed by atoms with E-state index in [9.17, 15) is 0 Å². The lowest BCUT2D eigenvalue weighted by molar-refractivity contribution is -0.941. The predicted molar refractivity (Wildman–Crippen MR) is 55.7 cm³/mol. The second kappa shape index (κ2) is 5.66. The Hall–Kier alpha value is 0.650. The van der Waals surface area contributed by atoms with Crippen molar-refractivity contribution in [1.82, 2.24) is 4.90 Å². The van der Waals surface area contributed by atoms with Crippen LogP contribution in [0, 0.1) is 0 Å². The maximum atomic E-state index is 2.62. The normalized spacial score (nSPS) is 35.4. The molecule has 0 radical (unpaired) electrons. The third-order valence-electron chi connectivity index (χ3n) is 3.91. The van der Waals surface area contributed by atoms with Crippen LogP contribution >= 0.6 is 0 Å². The summed E-state index contributed by atoms with van der Waals surface area (Å²) in [7, 11) is 0. The molecule has 2 bridgehead atoms. The molecule has 0 aromatic carbocycles. The maximum Gasteiger partial charge on any atom is 0.0916 e. The van der Waals surface area contributed by atoms with Gasteiger partial charge in [0.15, 0.2) is 0 Å². The van der Waals surface area contributed by atoms with Crippen LogP contribution in [0.1, 0.15) is 26.2 Å². The molecule has 14 heavy (non-hydrogen) atoms. The van der Waals surface area contributed by atoms with Crippen LogP contribution in [0.5, 0.6) is 0 Å². The Labute approximate surface area is 105 Å². The van der Waals surface area contributed by atoms with Gasteiger partial charge in [0, 0.05) is 19.6 Å². The first kappa shape index (κ1) is 12.7. The number of nitrogens with zero attached hydrogens (tertiary/aromatic N) is 2. The van der Waals surface area contributed by atoms with Crippen molar-refractivity contribution >= 4 is 0 Å². The summed E-state index contributed by atoms with van der Waals surface area (Å²) < 4.78 is 1.45. The minimum Gasteiger partial charge on any atom is -1.00 e. The summed E-state index contributed by atoms with van der Waals surface area (Å²) in [6.45, 7) is 12.2. The van der Waals surface area contributed by atoms with Crippen LogP contribution in [-0.2, 0) is 0 Å². The Bertz CT molecular complexity index is 151. The Morgan fingerprint density at radius 1 is 1.00 bits per heavy atom. The molecule has 3 saturated heterocycles. The van der Waals surface area contributed by atoms with Gasteiger partial charge >= 0.3 is 0 Å². The van der Waals surface area contributed by atoms with Gasteiger partial charge in [0.05, 0.1) is 26.2 Å². The first-order valence-electron chi connectivity index (χ1n) is 5.92. The molecule has 0 aromatic rings. The van der Waals surface area contributed by atoms with E-state index in [2.05, 4.69) is 11.8 Å². The van der Waals surface area contributed by atoms with Gasteiger partial charge in [-0.1, -0.05) is 13.3 Å². The summed E-state index contributed by atoms with van der Waals surface area (Å²) in [4.78, 5) is 2.62. The molecule has 0 N–H and O–H groups in total. The molecule has 0 unspecified atom stereocenters. The van der Waals surface area contributed by atoms with Crippen molar-refractivity contribution in [3.05, 3.63) is 0 Å². The molecule has 0 atom stereocenters. The highest BCUT2D eigenvalue weighted by atomic mass is 127. The molecule has 3 heteroatoms. The molecular weight excluding hydrogens is 287 g/mol. The average molecular weight is 310 g/mol. The number of unbranched alkanes of at least 4 members (excludes halogenated alkanes) is 2. The fourth-order valence-corrected chi connectivity index (χ4v) is 2.76. The Kier molecular flexibility index (Phi) is 5.14. The van der Waals surface area contributed by atoms with Crippen molar-refractivity contribution in [2.45, 2.75) is 26.2 Å². The van der Waals surface area contributed by atoms with Gasteiger partial charge in [0.2, 0.25) is 0 Å². The Morgan fingerprint density at radius 2 is 1.57 bits per heavy atom. The standard InChI is InChI=1S/C11H23N2.HI/c1-2-3-4-8-13-9-5-12(6-10-13)7-11-13;/h2-11H2,1H3;1H/q+1;/p-1. The predicted octanol–water partition coefficient (Wildman–Crippen LogP) is -1.67. The molecule has 0 spiro atoms. The molecular formula is C11H23IN2. The second-order valence-corrected chi connectivity index (χ2v) is 4.78. The van der Waals surface area contributed by atoms with Crippen molar-refractivity contribution in [1.29, 1.82) is 0 Å². The van der Waals surface area contributed by atoms with Crippen molar-refractivity contribution in [2.24, 2.45) is 0 Å². The lowest BCUT2D eigenvalue weighted by Crippen LogP contribution is -3.00. The lowest BCUT2D eigenvalue weighted by Gasteiger charge is -2.50. The van der Waals surface area contributed by atoms with Gasteiger partial charge in [0.1, 0.15) is 0 Å².